The lowest BCUT2D eigenvalue weighted by molar-refractivity contribution is 0.226. The van der Waals surface area contributed by atoms with Crippen molar-refractivity contribution in [2.45, 2.75) is 19.4 Å². The summed E-state index contributed by atoms with van der Waals surface area (Å²) in [6, 6.07) is 8.50. The number of hydrogen-bond acceptors (Lipinski definition) is 3. The third-order valence-corrected chi connectivity index (χ3v) is 3.75. The van der Waals surface area contributed by atoms with Crippen LogP contribution in [0.3, 0.4) is 0 Å². The minimum atomic E-state index is 0.817. The van der Waals surface area contributed by atoms with E-state index < -0.39 is 0 Å². The molecule has 1 aromatic carbocycles. The van der Waals surface area contributed by atoms with E-state index in [-0.39, 0.29) is 0 Å². The lowest BCUT2D eigenvalue weighted by Gasteiger charge is -2.27. The molecule has 0 radical (unpaired) electrons. The molecule has 3 rings (SSSR count). The molecular weight excluding hydrogens is 224 g/mol. The molecule has 0 unspecified atom stereocenters. The Hall–Kier alpha value is -1.06. The van der Waals surface area contributed by atoms with E-state index in [9.17, 15) is 0 Å². The van der Waals surface area contributed by atoms with E-state index in [4.69, 9.17) is 4.74 Å². The molecule has 0 atom stereocenters. The molecular formula is C15H22N2O. The van der Waals surface area contributed by atoms with Gasteiger partial charge in [0.15, 0.2) is 0 Å². The van der Waals surface area contributed by atoms with E-state index in [2.05, 4.69) is 34.5 Å². The molecule has 1 aliphatic carbocycles. The van der Waals surface area contributed by atoms with Crippen LogP contribution in [0.1, 0.15) is 18.4 Å². The normalized spacial score (nSPS) is 20.9. The zero-order chi connectivity index (χ0) is 12.2. The van der Waals surface area contributed by atoms with Crippen molar-refractivity contribution in [3.63, 3.8) is 0 Å². The van der Waals surface area contributed by atoms with Gasteiger partial charge in [-0.05, 0) is 24.8 Å². The second kappa shape index (κ2) is 5.72. The van der Waals surface area contributed by atoms with Crippen molar-refractivity contribution in [3.05, 3.63) is 29.8 Å². The summed E-state index contributed by atoms with van der Waals surface area (Å²) in [6.07, 6.45) is 2.69. The Bertz CT molecular complexity index is 384. The third-order valence-electron chi connectivity index (χ3n) is 3.75. The van der Waals surface area contributed by atoms with Crippen LogP contribution in [0.2, 0.25) is 0 Å². The molecule has 1 aromatic rings. The number of para-hydroxylation sites is 1. The highest BCUT2D eigenvalue weighted by Gasteiger charge is 2.22. The fourth-order valence-electron chi connectivity index (χ4n) is 2.38. The van der Waals surface area contributed by atoms with Crippen LogP contribution in [0.15, 0.2) is 24.3 Å². The Morgan fingerprint density at radius 3 is 2.72 bits per heavy atom. The molecule has 3 heteroatoms. The van der Waals surface area contributed by atoms with Gasteiger partial charge in [0, 0.05) is 38.3 Å². The minimum absolute atomic E-state index is 0.817. The van der Waals surface area contributed by atoms with Gasteiger partial charge in [-0.3, -0.25) is 4.90 Å². The largest absolute Gasteiger partial charge is 0.493 e. The zero-order valence-corrected chi connectivity index (χ0v) is 10.9. The van der Waals surface area contributed by atoms with Crippen molar-refractivity contribution in [2.24, 2.45) is 5.92 Å². The van der Waals surface area contributed by atoms with Crippen LogP contribution in [-0.2, 0) is 6.54 Å². The van der Waals surface area contributed by atoms with E-state index in [1.807, 2.05) is 0 Å². The smallest absolute Gasteiger partial charge is 0.123 e. The Morgan fingerprint density at radius 1 is 1.17 bits per heavy atom. The van der Waals surface area contributed by atoms with Crippen LogP contribution in [0, 0.1) is 5.92 Å². The average Bonchev–Trinajstić information content (AvgIpc) is 3.23. The monoisotopic (exact) mass is 246 g/mol. The fraction of sp³-hybridized carbons (Fsp3) is 0.600. The molecule has 0 spiro atoms. The number of ether oxygens (including phenoxy) is 1. The Balaban J connectivity index is 1.61. The van der Waals surface area contributed by atoms with E-state index in [0.29, 0.717) is 0 Å². The summed E-state index contributed by atoms with van der Waals surface area (Å²) in [7, 11) is 0. The van der Waals surface area contributed by atoms with Gasteiger partial charge in [-0.15, -0.1) is 0 Å². The number of benzene rings is 1. The fourth-order valence-corrected chi connectivity index (χ4v) is 2.38. The third kappa shape index (κ3) is 3.24. The maximum absolute atomic E-state index is 5.96. The summed E-state index contributed by atoms with van der Waals surface area (Å²) >= 11 is 0. The summed E-state index contributed by atoms with van der Waals surface area (Å²) in [4.78, 5) is 2.50. The van der Waals surface area contributed by atoms with Crippen LogP contribution in [-0.4, -0.2) is 37.7 Å². The Kier molecular flexibility index (Phi) is 3.81. The number of nitrogens with zero attached hydrogens (tertiary/aromatic N) is 1. The molecule has 18 heavy (non-hydrogen) atoms. The number of rotatable bonds is 5. The first kappa shape index (κ1) is 12.0. The zero-order valence-electron chi connectivity index (χ0n) is 10.9. The van der Waals surface area contributed by atoms with Gasteiger partial charge in [-0.25, -0.2) is 0 Å². The first-order chi connectivity index (χ1) is 8.92. The molecule has 98 valence electrons. The van der Waals surface area contributed by atoms with Crippen molar-refractivity contribution >= 4 is 0 Å². The first-order valence-corrected chi connectivity index (χ1v) is 7.05. The maximum atomic E-state index is 5.96. The maximum Gasteiger partial charge on any atom is 0.123 e. The van der Waals surface area contributed by atoms with E-state index in [0.717, 1.165) is 51.0 Å². The standard InChI is InChI=1S/C15H22N2O/c1-2-4-15(18-12-13-5-6-13)14(3-1)11-17-9-7-16-8-10-17/h1-4,13,16H,5-12H2. The van der Waals surface area contributed by atoms with Crippen molar-refractivity contribution in [1.29, 1.82) is 0 Å². The van der Waals surface area contributed by atoms with E-state index >= 15 is 0 Å². The molecule has 1 saturated heterocycles. The predicted molar refractivity (Wildman–Crippen MR) is 72.8 cm³/mol. The van der Waals surface area contributed by atoms with Crippen molar-refractivity contribution in [1.82, 2.24) is 10.2 Å². The van der Waals surface area contributed by atoms with Gasteiger partial charge in [0.1, 0.15) is 5.75 Å². The summed E-state index contributed by atoms with van der Waals surface area (Å²) < 4.78 is 5.96. The molecule has 0 amide bonds. The highest BCUT2D eigenvalue weighted by Crippen LogP contribution is 2.30. The van der Waals surface area contributed by atoms with Gasteiger partial charge >= 0.3 is 0 Å². The first-order valence-electron chi connectivity index (χ1n) is 7.05. The molecule has 2 fully saturated rings. The van der Waals surface area contributed by atoms with Crippen LogP contribution in [0.25, 0.3) is 0 Å². The number of piperazine rings is 1. The average molecular weight is 246 g/mol. The van der Waals surface area contributed by atoms with Gasteiger partial charge < -0.3 is 10.1 Å². The van der Waals surface area contributed by atoms with Gasteiger partial charge in [0.25, 0.3) is 0 Å². The molecule has 1 heterocycles. The number of nitrogens with one attached hydrogen (secondary N) is 1. The lowest BCUT2D eigenvalue weighted by atomic mass is 10.1. The summed E-state index contributed by atoms with van der Waals surface area (Å²) in [5.74, 6) is 1.90. The molecule has 1 saturated carbocycles. The molecule has 3 nitrogen and oxygen atoms in total. The van der Waals surface area contributed by atoms with Crippen LogP contribution in [0.4, 0.5) is 0 Å². The minimum Gasteiger partial charge on any atom is -0.493 e. The van der Waals surface area contributed by atoms with Crippen molar-refractivity contribution in [2.75, 3.05) is 32.8 Å². The highest BCUT2D eigenvalue weighted by atomic mass is 16.5. The second-order valence-corrected chi connectivity index (χ2v) is 5.39. The topological polar surface area (TPSA) is 24.5 Å². The van der Waals surface area contributed by atoms with E-state index in [1.165, 1.54) is 18.4 Å². The van der Waals surface area contributed by atoms with Gasteiger partial charge in [-0.2, -0.15) is 0 Å². The summed E-state index contributed by atoms with van der Waals surface area (Å²) in [6.45, 7) is 6.39. The number of hydrogen-bond donors (Lipinski definition) is 1. The molecule has 0 bridgehead atoms. The van der Waals surface area contributed by atoms with Crippen LogP contribution in [0.5, 0.6) is 5.75 Å². The van der Waals surface area contributed by atoms with Crippen LogP contribution >= 0.6 is 0 Å². The SMILES string of the molecule is c1ccc(OCC2CC2)c(CN2CCNCC2)c1. The predicted octanol–water partition coefficient (Wildman–Crippen LogP) is 1.88. The summed E-state index contributed by atoms with van der Waals surface area (Å²) in [5.41, 5.74) is 1.33. The Morgan fingerprint density at radius 2 is 1.94 bits per heavy atom. The summed E-state index contributed by atoms with van der Waals surface area (Å²) in [5, 5.41) is 3.39. The van der Waals surface area contributed by atoms with Gasteiger partial charge in [0.2, 0.25) is 0 Å². The molecule has 1 aliphatic heterocycles. The Labute approximate surface area is 109 Å². The van der Waals surface area contributed by atoms with Gasteiger partial charge in [-0.1, -0.05) is 18.2 Å². The van der Waals surface area contributed by atoms with E-state index in [1.54, 1.807) is 0 Å². The quantitative estimate of drug-likeness (QED) is 0.858. The van der Waals surface area contributed by atoms with Crippen molar-refractivity contribution < 1.29 is 4.74 Å². The molecule has 1 N–H and O–H groups in total. The highest BCUT2D eigenvalue weighted by molar-refractivity contribution is 5.33. The lowest BCUT2D eigenvalue weighted by Crippen LogP contribution is -2.42. The second-order valence-electron chi connectivity index (χ2n) is 5.39. The van der Waals surface area contributed by atoms with Gasteiger partial charge in [0.05, 0.1) is 6.61 Å². The molecule has 0 aromatic heterocycles. The van der Waals surface area contributed by atoms with Crippen molar-refractivity contribution in [3.8, 4) is 5.75 Å². The van der Waals surface area contributed by atoms with Crippen LogP contribution < -0.4 is 10.1 Å². The molecule has 2 aliphatic rings.